The average molecular weight is 178 g/mol. The molecule has 0 unspecified atom stereocenters. The molecule has 1 aliphatic rings. The number of cyclic esters (lactones) is 2. The first-order chi connectivity index (χ1) is 5.81. The lowest BCUT2D eigenvalue weighted by Gasteiger charge is -2.09. The van der Waals surface area contributed by atoms with Crippen molar-refractivity contribution in [2.75, 3.05) is 26.4 Å². The Morgan fingerprint density at radius 1 is 1.17 bits per heavy atom. The fourth-order valence-corrected chi connectivity index (χ4v) is 0.482. The van der Waals surface area contributed by atoms with Gasteiger partial charge in [0.1, 0.15) is 0 Å². The topological polar surface area (TPSA) is 76.0 Å². The second kappa shape index (κ2) is 8.29. The number of rotatable bonds is 2. The SMILES string of the molecule is O=C1OCCCO1.OCCCO. The quantitative estimate of drug-likeness (QED) is 0.578. The van der Waals surface area contributed by atoms with E-state index in [1.165, 1.54) is 0 Å². The van der Waals surface area contributed by atoms with Gasteiger partial charge in [-0.1, -0.05) is 0 Å². The van der Waals surface area contributed by atoms with E-state index in [2.05, 4.69) is 9.47 Å². The van der Waals surface area contributed by atoms with Gasteiger partial charge in [-0.2, -0.15) is 0 Å². The zero-order valence-electron chi connectivity index (χ0n) is 6.86. The first-order valence-corrected chi connectivity index (χ1v) is 3.82. The molecular weight excluding hydrogens is 164 g/mol. The largest absolute Gasteiger partial charge is 0.508 e. The van der Waals surface area contributed by atoms with Gasteiger partial charge in [-0.05, 0) is 6.42 Å². The summed E-state index contributed by atoms with van der Waals surface area (Å²) in [6.45, 7) is 1.21. The number of aliphatic hydroxyl groups excluding tert-OH is 2. The van der Waals surface area contributed by atoms with E-state index in [1.807, 2.05) is 0 Å². The molecule has 0 aromatic heterocycles. The Morgan fingerprint density at radius 2 is 1.67 bits per heavy atom. The third kappa shape index (κ3) is 7.30. The Balaban J connectivity index is 0.000000217. The lowest BCUT2D eigenvalue weighted by atomic mass is 10.5. The van der Waals surface area contributed by atoms with E-state index < -0.39 is 6.16 Å². The van der Waals surface area contributed by atoms with Gasteiger partial charge in [0.2, 0.25) is 0 Å². The summed E-state index contributed by atoms with van der Waals surface area (Å²) in [5.41, 5.74) is 0. The molecule has 0 saturated carbocycles. The smallest absolute Gasteiger partial charge is 0.434 e. The predicted molar refractivity (Wildman–Crippen MR) is 40.7 cm³/mol. The lowest BCUT2D eigenvalue weighted by molar-refractivity contribution is 0.0192. The van der Waals surface area contributed by atoms with Crippen LogP contribution in [0.4, 0.5) is 4.79 Å². The van der Waals surface area contributed by atoms with Crippen molar-refractivity contribution in [3.63, 3.8) is 0 Å². The third-order valence-corrected chi connectivity index (χ3v) is 1.04. The van der Waals surface area contributed by atoms with Crippen LogP contribution < -0.4 is 0 Å². The molecule has 0 bridgehead atoms. The highest BCUT2D eigenvalue weighted by molar-refractivity contribution is 5.60. The van der Waals surface area contributed by atoms with Crippen LogP contribution in [0.3, 0.4) is 0 Å². The van der Waals surface area contributed by atoms with Crippen LogP contribution >= 0.6 is 0 Å². The van der Waals surface area contributed by atoms with Gasteiger partial charge < -0.3 is 19.7 Å². The van der Waals surface area contributed by atoms with Crippen LogP contribution in [0.2, 0.25) is 0 Å². The van der Waals surface area contributed by atoms with Crippen LogP contribution in [-0.4, -0.2) is 42.8 Å². The molecule has 0 radical (unpaired) electrons. The first-order valence-electron chi connectivity index (χ1n) is 3.82. The summed E-state index contributed by atoms with van der Waals surface area (Å²) in [5, 5.41) is 15.8. The Bertz CT molecular complexity index is 104. The number of hydrogen-bond acceptors (Lipinski definition) is 5. The molecule has 0 aromatic carbocycles. The molecule has 0 aromatic rings. The van der Waals surface area contributed by atoms with Crippen molar-refractivity contribution in [1.29, 1.82) is 0 Å². The molecule has 5 heteroatoms. The van der Waals surface area contributed by atoms with Crippen LogP contribution in [0.1, 0.15) is 12.8 Å². The van der Waals surface area contributed by atoms with Gasteiger partial charge in [0.05, 0.1) is 13.2 Å². The van der Waals surface area contributed by atoms with E-state index in [4.69, 9.17) is 10.2 Å². The van der Waals surface area contributed by atoms with Gasteiger partial charge in [-0.3, -0.25) is 0 Å². The van der Waals surface area contributed by atoms with Gasteiger partial charge in [-0.25, -0.2) is 4.79 Å². The van der Waals surface area contributed by atoms with Crippen LogP contribution in [0.25, 0.3) is 0 Å². The molecule has 0 aliphatic carbocycles. The van der Waals surface area contributed by atoms with Crippen molar-refractivity contribution in [2.24, 2.45) is 0 Å². The zero-order valence-corrected chi connectivity index (χ0v) is 6.86. The summed E-state index contributed by atoms with van der Waals surface area (Å²) in [4.78, 5) is 10.0. The Kier molecular flexibility index (Phi) is 7.73. The third-order valence-electron chi connectivity index (χ3n) is 1.04. The Morgan fingerprint density at radius 3 is 1.83 bits per heavy atom. The van der Waals surface area contributed by atoms with Crippen LogP contribution in [-0.2, 0) is 9.47 Å². The normalized spacial score (nSPS) is 15.3. The van der Waals surface area contributed by atoms with E-state index in [0.29, 0.717) is 19.6 Å². The van der Waals surface area contributed by atoms with Gasteiger partial charge in [0, 0.05) is 19.6 Å². The number of carbonyl (C=O) groups is 1. The average Bonchev–Trinajstić information content (AvgIpc) is 2.08. The molecule has 1 aliphatic heterocycles. The van der Waals surface area contributed by atoms with Crippen molar-refractivity contribution >= 4 is 6.16 Å². The van der Waals surface area contributed by atoms with Crippen LogP contribution in [0, 0.1) is 0 Å². The fraction of sp³-hybridized carbons (Fsp3) is 0.857. The second-order valence-corrected chi connectivity index (χ2v) is 2.10. The summed E-state index contributed by atoms with van der Waals surface area (Å²) >= 11 is 0. The van der Waals surface area contributed by atoms with E-state index in [-0.39, 0.29) is 13.2 Å². The van der Waals surface area contributed by atoms with Crippen molar-refractivity contribution in [1.82, 2.24) is 0 Å². The molecule has 0 atom stereocenters. The maximum Gasteiger partial charge on any atom is 0.508 e. The standard InChI is InChI=1S/C4H6O3.C3H8O2/c5-4-6-2-1-3-7-4;4-2-1-3-5/h1-3H2;4-5H,1-3H2. The Hall–Kier alpha value is -0.810. The minimum absolute atomic E-state index is 0.0938. The molecule has 2 N–H and O–H groups in total. The van der Waals surface area contributed by atoms with E-state index in [0.717, 1.165) is 6.42 Å². The number of carbonyl (C=O) groups excluding carboxylic acids is 1. The molecule has 0 amide bonds. The number of ether oxygens (including phenoxy) is 2. The molecule has 72 valence electrons. The van der Waals surface area contributed by atoms with Crippen molar-refractivity contribution < 1.29 is 24.5 Å². The minimum atomic E-state index is -0.536. The van der Waals surface area contributed by atoms with Gasteiger partial charge >= 0.3 is 6.16 Å². The van der Waals surface area contributed by atoms with Crippen LogP contribution in [0.5, 0.6) is 0 Å². The highest BCUT2D eigenvalue weighted by Crippen LogP contribution is 1.95. The van der Waals surface area contributed by atoms with Gasteiger partial charge in [0.25, 0.3) is 0 Å². The molecule has 1 fully saturated rings. The molecule has 0 spiro atoms. The zero-order chi connectivity index (χ0) is 9.23. The van der Waals surface area contributed by atoms with Crippen molar-refractivity contribution in [3.8, 4) is 0 Å². The highest BCUT2D eigenvalue weighted by atomic mass is 16.7. The highest BCUT2D eigenvalue weighted by Gasteiger charge is 2.07. The van der Waals surface area contributed by atoms with Crippen LogP contribution in [0.15, 0.2) is 0 Å². The molecule has 1 saturated heterocycles. The van der Waals surface area contributed by atoms with Gasteiger partial charge in [-0.15, -0.1) is 0 Å². The second-order valence-electron chi connectivity index (χ2n) is 2.10. The molecule has 5 nitrogen and oxygen atoms in total. The van der Waals surface area contributed by atoms with E-state index in [9.17, 15) is 4.79 Å². The van der Waals surface area contributed by atoms with Crippen molar-refractivity contribution in [3.05, 3.63) is 0 Å². The number of aliphatic hydroxyl groups is 2. The predicted octanol–water partition coefficient (Wildman–Crippen LogP) is -0.0956. The minimum Gasteiger partial charge on any atom is -0.434 e. The Labute approximate surface area is 70.9 Å². The summed E-state index contributed by atoms with van der Waals surface area (Å²) in [7, 11) is 0. The van der Waals surface area contributed by atoms with Crippen molar-refractivity contribution in [2.45, 2.75) is 12.8 Å². The lowest BCUT2D eigenvalue weighted by Crippen LogP contribution is -2.16. The summed E-state index contributed by atoms with van der Waals surface area (Å²) < 4.78 is 8.83. The summed E-state index contributed by atoms with van der Waals surface area (Å²) in [6.07, 6.45) is 0.789. The maximum absolute atomic E-state index is 10.0. The van der Waals surface area contributed by atoms with Gasteiger partial charge in [0.15, 0.2) is 0 Å². The summed E-state index contributed by atoms with van der Waals surface area (Å²) in [6, 6.07) is 0. The summed E-state index contributed by atoms with van der Waals surface area (Å²) in [5.74, 6) is 0. The molecule has 12 heavy (non-hydrogen) atoms. The first kappa shape index (κ1) is 11.2. The molecule has 1 heterocycles. The number of hydrogen-bond donors (Lipinski definition) is 2. The molecular formula is C7H14O5. The van der Waals surface area contributed by atoms with E-state index >= 15 is 0 Å². The fourth-order valence-electron chi connectivity index (χ4n) is 0.482. The maximum atomic E-state index is 10.0. The van der Waals surface area contributed by atoms with E-state index in [1.54, 1.807) is 0 Å². The molecule has 1 rings (SSSR count). The monoisotopic (exact) mass is 178 g/mol.